The van der Waals surface area contributed by atoms with Crippen LogP contribution < -0.4 is 5.73 Å². The number of halogens is 1. The van der Waals surface area contributed by atoms with Gasteiger partial charge in [0.2, 0.25) is 0 Å². The number of nitrogen functional groups attached to an aromatic ring is 1. The second kappa shape index (κ2) is 4.84. The highest BCUT2D eigenvalue weighted by Crippen LogP contribution is 2.25. The smallest absolute Gasteiger partial charge is 0.178 e. The van der Waals surface area contributed by atoms with Gasteiger partial charge in [-0.2, -0.15) is 0 Å². The van der Waals surface area contributed by atoms with Crippen molar-refractivity contribution >= 4 is 27.1 Å². The highest BCUT2D eigenvalue weighted by atomic mass is 35.5. The second-order valence-corrected chi connectivity index (χ2v) is 6.64. The predicted molar refractivity (Wildman–Crippen MR) is 66.8 cm³/mol. The first-order chi connectivity index (χ1) is 7.99. The Bertz CT molecular complexity index is 509. The van der Waals surface area contributed by atoms with E-state index >= 15 is 0 Å². The van der Waals surface area contributed by atoms with Crippen molar-refractivity contribution in [3.05, 3.63) is 23.2 Å². The Morgan fingerprint density at radius 1 is 1.47 bits per heavy atom. The highest BCUT2D eigenvalue weighted by molar-refractivity contribution is 7.91. The maximum atomic E-state index is 12.1. The van der Waals surface area contributed by atoms with Crippen molar-refractivity contribution in [1.82, 2.24) is 0 Å². The lowest BCUT2D eigenvalue weighted by Crippen LogP contribution is -2.16. The fourth-order valence-electron chi connectivity index (χ4n) is 1.82. The summed E-state index contributed by atoms with van der Waals surface area (Å²) in [5, 5.41) is 0.272. The second-order valence-electron chi connectivity index (χ2n) is 4.19. The Kier molecular flexibility index (Phi) is 3.61. The SMILES string of the molecule is Nc1ccc(S(=O)(=O)CC2CCOC2)cc1Cl. The molecule has 2 rings (SSSR count). The van der Waals surface area contributed by atoms with Gasteiger partial charge < -0.3 is 10.5 Å². The molecule has 1 unspecified atom stereocenters. The van der Waals surface area contributed by atoms with Gasteiger partial charge in [-0.1, -0.05) is 11.6 Å². The number of rotatable bonds is 3. The molecule has 1 saturated heterocycles. The zero-order chi connectivity index (χ0) is 12.5. The molecule has 0 aromatic heterocycles. The van der Waals surface area contributed by atoms with E-state index in [-0.39, 0.29) is 21.6 Å². The summed E-state index contributed by atoms with van der Waals surface area (Å²) in [4.78, 5) is 0.226. The van der Waals surface area contributed by atoms with Crippen LogP contribution in [0, 0.1) is 5.92 Å². The summed E-state index contributed by atoms with van der Waals surface area (Å²) in [5.74, 6) is 0.184. The van der Waals surface area contributed by atoms with Gasteiger partial charge in [0.1, 0.15) is 0 Å². The molecule has 0 bridgehead atoms. The van der Waals surface area contributed by atoms with Crippen molar-refractivity contribution < 1.29 is 13.2 Å². The summed E-state index contributed by atoms with van der Waals surface area (Å²) in [7, 11) is -3.30. The van der Waals surface area contributed by atoms with Gasteiger partial charge in [-0.05, 0) is 30.5 Å². The molecule has 1 aromatic carbocycles. The van der Waals surface area contributed by atoms with Crippen LogP contribution in [0.25, 0.3) is 0 Å². The third-order valence-electron chi connectivity index (χ3n) is 2.81. The summed E-state index contributed by atoms with van der Waals surface area (Å²) in [5.41, 5.74) is 5.93. The van der Waals surface area contributed by atoms with Gasteiger partial charge in [0.05, 0.1) is 28.0 Å². The Labute approximate surface area is 106 Å². The van der Waals surface area contributed by atoms with Crippen LogP contribution in [0.4, 0.5) is 5.69 Å². The molecule has 94 valence electrons. The summed E-state index contributed by atoms with van der Waals surface area (Å²) < 4.78 is 29.4. The average Bonchev–Trinajstić information content (AvgIpc) is 2.73. The zero-order valence-electron chi connectivity index (χ0n) is 9.23. The maximum Gasteiger partial charge on any atom is 0.178 e. The number of benzene rings is 1. The Morgan fingerprint density at radius 3 is 2.82 bits per heavy atom. The normalized spacial score (nSPS) is 20.6. The molecule has 1 aliphatic rings. The van der Waals surface area contributed by atoms with Crippen molar-refractivity contribution in [3.8, 4) is 0 Å². The van der Waals surface area contributed by atoms with Gasteiger partial charge in [0, 0.05) is 6.61 Å². The summed E-state index contributed by atoms with van der Waals surface area (Å²) in [6.45, 7) is 1.16. The molecular weight excluding hydrogens is 262 g/mol. The van der Waals surface area contributed by atoms with E-state index in [9.17, 15) is 8.42 Å². The Morgan fingerprint density at radius 2 is 2.24 bits per heavy atom. The first-order valence-electron chi connectivity index (χ1n) is 5.34. The van der Waals surface area contributed by atoms with Gasteiger partial charge in [0.25, 0.3) is 0 Å². The lowest BCUT2D eigenvalue weighted by molar-refractivity contribution is 0.188. The van der Waals surface area contributed by atoms with E-state index in [0.29, 0.717) is 18.9 Å². The number of anilines is 1. The topological polar surface area (TPSA) is 69.4 Å². The largest absolute Gasteiger partial charge is 0.398 e. The van der Waals surface area contributed by atoms with Crippen LogP contribution in [0.15, 0.2) is 23.1 Å². The molecular formula is C11H14ClNO3S. The van der Waals surface area contributed by atoms with E-state index in [1.165, 1.54) is 18.2 Å². The summed E-state index contributed by atoms with van der Waals surface area (Å²) in [6.07, 6.45) is 0.794. The monoisotopic (exact) mass is 275 g/mol. The van der Waals surface area contributed by atoms with Crippen molar-refractivity contribution in [3.63, 3.8) is 0 Å². The number of hydrogen-bond donors (Lipinski definition) is 1. The zero-order valence-corrected chi connectivity index (χ0v) is 10.8. The molecule has 1 aliphatic heterocycles. The molecule has 0 amide bonds. The lowest BCUT2D eigenvalue weighted by Gasteiger charge is -2.09. The van der Waals surface area contributed by atoms with Crippen molar-refractivity contribution in [2.24, 2.45) is 5.92 Å². The number of ether oxygens (including phenoxy) is 1. The molecule has 0 radical (unpaired) electrons. The average molecular weight is 276 g/mol. The van der Waals surface area contributed by atoms with E-state index in [2.05, 4.69) is 0 Å². The molecule has 1 fully saturated rings. The van der Waals surface area contributed by atoms with Crippen LogP contribution >= 0.6 is 11.6 Å². The van der Waals surface area contributed by atoms with Gasteiger partial charge in [-0.3, -0.25) is 0 Å². The molecule has 0 aliphatic carbocycles. The lowest BCUT2D eigenvalue weighted by atomic mass is 10.2. The molecule has 0 saturated carbocycles. The van der Waals surface area contributed by atoms with Gasteiger partial charge >= 0.3 is 0 Å². The molecule has 6 heteroatoms. The van der Waals surface area contributed by atoms with E-state index in [1.807, 2.05) is 0 Å². The van der Waals surface area contributed by atoms with E-state index < -0.39 is 9.84 Å². The van der Waals surface area contributed by atoms with Crippen molar-refractivity contribution in [2.45, 2.75) is 11.3 Å². The van der Waals surface area contributed by atoms with Gasteiger partial charge in [0.15, 0.2) is 9.84 Å². The standard InChI is InChI=1S/C11H14ClNO3S/c12-10-5-9(1-2-11(10)13)17(14,15)7-8-3-4-16-6-8/h1-2,5,8H,3-4,6-7,13H2. The van der Waals surface area contributed by atoms with Crippen LogP contribution in [0.5, 0.6) is 0 Å². The molecule has 0 spiro atoms. The van der Waals surface area contributed by atoms with Crippen LogP contribution in [0.3, 0.4) is 0 Å². The summed E-state index contributed by atoms with van der Waals surface area (Å²) >= 11 is 5.82. The first kappa shape index (κ1) is 12.7. The van der Waals surface area contributed by atoms with Crippen LogP contribution in [0.1, 0.15) is 6.42 Å². The van der Waals surface area contributed by atoms with Crippen LogP contribution in [0.2, 0.25) is 5.02 Å². The molecule has 1 atom stereocenters. The van der Waals surface area contributed by atoms with E-state index in [0.717, 1.165) is 6.42 Å². The first-order valence-corrected chi connectivity index (χ1v) is 7.37. The fourth-order valence-corrected chi connectivity index (χ4v) is 3.72. The third kappa shape index (κ3) is 2.91. The number of hydrogen-bond acceptors (Lipinski definition) is 4. The molecule has 17 heavy (non-hydrogen) atoms. The number of sulfone groups is 1. The molecule has 4 nitrogen and oxygen atoms in total. The minimum absolute atomic E-state index is 0.0799. The quantitative estimate of drug-likeness (QED) is 0.853. The van der Waals surface area contributed by atoms with Gasteiger partial charge in [-0.15, -0.1) is 0 Å². The minimum atomic E-state index is -3.30. The van der Waals surface area contributed by atoms with Crippen molar-refractivity contribution in [1.29, 1.82) is 0 Å². The van der Waals surface area contributed by atoms with E-state index in [4.69, 9.17) is 22.1 Å². The van der Waals surface area contributed by atoms with Crippen LogP contribution in [-0.2, 0) is 14.6 Å². The van der Waals surface area contributed by atoms with Gasteiger partial charge in [-0.25, -0.2) is 8.42 Å². The van der Waals surface area contributed by atoms with Crippen molar-refractivity contribution in [2.75, 3.05) is 24.7 Å². The predicted octanol–water partition coefficient (Wildman–Crippen LogP) is 1.73. The van der Waals surface area contributed by atoms with Crippen LogP contribution in [-0.4, -0.2) is 27.4 Å². The fraction of sp³-hybridized carbons (Fsp3) is 0.455. The molecule has 1 aromatic rings. The third-order valence-corrected chi connectivity index (χ3v) is 5.02. The van der Waals surface area contributed by atoms with E-state index in [1.54, 1.807) is 0 Å². The highest BCUT2D eigenvalue weighted by Gasteiger charge is 2.24. The number of nitrogens with two attached hydrogens (primary N) is 1. The summed E-state index contributed by atoms with van der Waals surface area (Å²) in [6, 6.07) is 4.41. The Hall–Kier alpha value is -0.780. The maximum absolute atomic E-state index is 12.1. The molecule has 1 heterocycles. The Balaban J connectivity index is 2.21. The minimum Gasteiger partial charge on any atom is -0.398 e. The molecule has 2 N–H and O–H groups in total.